The third kappa shape index (κ3) is 8.44. The molecule has 0 bridgehead atoms. The van der Waals surface area contributed by atoms with Crippen molar-refractivity contribution in [1.82, 2.24) is 10.6 Å². The highest BCUT2D eigenvalue weighted by Crippen LogP contribution is 2.28. The molecule has 0 saturated heterocycles. The van der Waals surface area contributed by atoms with E-state index in [9.17, 15) is 24.3 Å². The topological polar surface area (TPSA) is 149 Å². The lowest BCUT2D eigenvalue weighted by Crippen LogP contribution is -2.35. The van der Waals surface area contributed by atoms with Crippen molar-refractivity contribution >= 4 is 58.7 Å². The van der Waals surface area contributed by atoms with Crippen molar-refractivity contribution in [1.29, 1.82) is 0 Å². The number of nitrogens with zero attached hydrogens (tertiary/aromatic N) is 2. The van der Waals surface area contributed by atoms with Crippen molar-refractivity contribution in [3.05, 3.63) is 120 Å². The maximum atomic E-state index is 13.5. The summed E-state index contributed by atoms with van der Waals surface area (Å²) in [5.74, 6) is -1.13. The number of thioether (sulfide) groups is 1. The van der Waals surface area contributed by atoms with Crippen molar-refractivity contribution in [2.24, 2.45) is 5.10 Å². The van der Waals surface area contributed by atoms with Crippen LogP contribution in [0.3, 0.4) is 0 Å². The summed E-state index contributed by atoms with van der Waals surface area (Å²) in [6.45, 7) is 1.72. The van der Waals surface area contributed by atoms with Gasteiger partial charge in [0, 0.05) is 27.8 Å². The summed E-state index contributed by atoms with van der Waals surface area (Å²) in [5.41, 5.74) is 1.78. The molecular weight excluding hydrogens is 618 g/mol. The van der Waals surface area contributed by atoms with Crippen LogP contribution in [0.1, 0.15) is 29.3 Å². The molecule has 0 aliphatic carbocycles. The molecule has 1 aliphatic rings. The number of nitrogens with one attached hydrogen (secondary N) is 3. The van der Waals surface area contributed by atoms with Crippen LogP contribution in [0.2, 0.25) is 0 Å². The number of hydrogen-bond acceptors (Lipinski definition) is 8. The molecule has 5 rings (SSSR count). The van der Waals surface area contributed by atoms with E-state index in [0.29, 0.717) is 33.1 Å². The molecule has 4 N–H and O–H groups in total. The number of para-hydroxylation sites is 1. The van der Waals surface area contributed by atoms with Crippen LogP contribution in [0.25, 0.3) is 6.08 Å². The number of hydrogen-bond donors (Lipinski definition) is 4. The predicted octanol–water partition coefficient (Wildman–Crippen LogP) is 5.16. The van der Waals surface area contributed by atoms with Gasteiger partial charge in [-0.05, 0) is 67.6 Å². The van der Waals surface area contributed by atoms with Crippen molar-refractivity contribution < 1.29 is 29.0 Å². The fourth-order valence-electron chi connectivity index (χ4n) is 4.53. The first-order valence-electron chi connectivity index (χ1n) is 14.5. The summed E-state index contributed by atoms with van der Waals surface area (Å²) in [7, 11) is 1.43. The zero-order valence-electron chi connectivity index (χ0n) is 25.5. The van der Waals surface area contributed by atoms with Crippen molar-refractivity contribution in [2.75, 3.05) is 17.4 Å². The van der Waals surface area contributed by atoms with E-state index in [1.54, 1.807) is 91.9 Å². The maximum Gasteiger partial charge on any atom is 0.272 e. The average molecular weight is 650 g/mol. The summed E-state index contributed by atoms with van der Waals surface area (Å²) in [6, 6.07) is 28.7. The van der Waals surface area contributed by atoms with Crippen LogP contribution < -0.4 is 25.7 Å². The number of hydrazone groups is 1. The Morgan fingerprint density at radius 2 is 1.66 bits per heavy atom. The number of rotatable bonds is 10. The number of amidine groups is 1. The first kappa shape index (κ1) is 32.5. The number of methoxy groups -OCH3 is 1. The summed E-state index contributed by atoms with van der Waals surface area (Å²) < 4.78 is 5.35. The third-order valence-electron chi connectivity index (χ3n) is 6.86. The number of aromatic hydroxyl groups is 1. The molecule has 4 aromatic rings. The molecular formula is C35H31N5O6S. The van der Waals surface area contributed by atoms with Gasteiger partial charge in [0.1, 0.15) is 23.0 Å². The highest BCUT2D eigenvalue weighted by molar-refractivity contribution is 8.00. The van der Waals surface area contributed by atoms with Crippen molar-refractivity contribution in [3.8, 4) is 11.5 Å². The zero-order chi connectivity index (χ0) is 33.3. The minimum atomic E-state index is -0.607. The standard InChI is InChI=1S/C35H31N5O6S/c1-22(33(43)38-31-21-32(42)40(39-31)26-13-7-4-8-14-26)47-28-15-9-12-25(19-28)36-35(45)29(37-34(44)23-10-5-3-6-11-23)18-24-16-17-27(41)20-30(24)46-2/h3-20,22,41H,21H2,1-2H3,(H,36,45)(H,37,44)(H,38,39,43)/b29-18+. The molecule has 4 amide bonds. The highest BCUT2D eigenvalue weighted by atomic mass is 32.2. The normalized spacial score (nSPS) is 13.4. The number of carbonyl (C=O) groups is 4. The Balaban J connectivity index is 1.28. The number of benzene rings is 4. The molecule has 12 heteroatoms. The molecule has 0 fully saturated rings. The van der Waals surface area contributed by atoms with Gasteiger partial charge in [-0.2, -0.15) is 10.1 Å². The maximum absolute atomic E-state index is 13.5. The summed E-state index contributed by atoms with van der Waals surface area (Å²) in [5, 5.41) is 23.1. The average Bonchev–Trinajstić information content (AvgIpc) is 3.45. The predicted molar refractivity (Wildman–Crippen MR) is 181 cm³/mol. The minimum Gasteiger partial charge on any atom is -0.508 e. The van der Waals surface area contributed by atoms with Gasteiger partial charge >= 0.3 is 0 Å². The zero-order valence-corrected chi connectivity index (χ0v) is 26.3. The van der Waals surface area contributed by atoms with Crippen LogP contribution in [0.15, 0.2) is 119 Å². The number of phenolic OH excluding ortho intramolecular Hbond substituents is 1. The Bertz CT molecular complexity index is 1860. The Morgan fingerprint density at radius 1 is 0.936 bits per heavy atom. The molecule has 47 heavy (non-hydrogen) atoms. The second kappa shape index (κ2) is 14.9. The Labute approximate surface area is 275 Å². The van der Waals surface area contributed by atoms with E-state index in [4.69, 9.17) is 4.74 Å². The SMILES string of the molecule is COc1cc(O)ccc1/C=C(/NC(=O)c1ccccc1)C(=O)Nc1cccc(SC(C)C(=O)NC2=NN(c3ccccc3)C(=O)C2)c1. The van der Waals surface area contributed by atoms with Gasteiger partial charge < -0.3 is 25.8 Å². The van der Waals surface area contributed by atoms with Crippen LogP contribution in [0.5, 0.6) is 11.5 Å². The minimum absolute atomic E-state index is 0.0191. The molecule has 1 unspecified atom stereocenters. The molecule has 1 heterocycles. The van der Waals surface area contributed by atoms with E-state index in [1.807, 2.05) is 6.07 Å². The summed E-state index contributed by atoms with van der Waals surface area (Å²) in [4.78, 5) is 52.7. The quantitative estimate of drug-likeness (QED) is 0.137. The van der Waals surface area contributed by atoms with E-state index in [-0.39, 0.29) is 35.5 Å². The van der Waals surface area contributed by atoms with Crippen LogP contribution in [0, 0.1) is 0 Å². The van der Waals surface area contributed by atoms with Crippen LogP contribution in [-0.2, 0) is 14.4 Å². The second-order valence-electron chi connectivity index (χ2n) is 10.3. The van der Waals surface area contributed by atoms with Crippen LogP contribution in [-0.4, -0.2) is 46.9 Å². The monoisotopic (exact) mass is 649 g/mol. The molecule has 1 aliphatic heterocycles. The lowest BCUT2D eigenvalue weighted by atomic mass is 10.1. The third-order valence-corrected chi connectivity index (χ3v) is 7.96. The van der Waals surface area contributed by atoms with Crippen molar-refractivity contribution in [2.45, 2.75) is 23.5 Å². The highest BCUT2D eigenvalue weighted by Gasteiger charge is 2.27. The van der Waals surface area contributed by atoms with E-state index < -0.39 is 17.1 Å². The van der Waals surface area contributed by atoms with Crippen molar-refractivity contribution in [3.63, 3.8) is 0 Å². The smallest absolute Gasteiger partial charge is 0.272 e. The van der Waals surface area contributed by atoms with Gasteiger partial charge in [0.25, 0.3) is 17.7 Å². The molecule has 4 aromatic carbocycles. The van der Waals surface area contributed by atoms with Crippen LogP contribution >= 0.6 is 11.8 Å². The number of amides is 4. The molecule has 0 spiro atoms. The number of ether oxygens (including phenoxy) is 1. The fourth-order valence-corrected chi connectivity index (χ4v) is 5.46. The molecule has 0 saturated carbocycles. The lowest BCUT2D eigenvalue weighted by Gasteiger charge is -2.14. The van der Waals surface area contributed by atoms with E-state index in [0.717, 1.165) is 0 Å². The van der Waals surface area contributed by atoms with Gasteiger partial charge in [0.05, 0.1) is 24.5 Å². The van der Waals surface area contributed by atoms with E-state index in [2.05, 4.69) is 21.1 Å². The second-order valence-corrected chi connectivity index (χ2v) is 11.7. The molecule has 238 valence electrons. The lowest BCUT2D eigenvalue weighted by molar-refractivity contribution is -0.119. The molecule has 11 nitrogen and oxygen atoms in total. The largest absolute Gasteiger partial charge is 0.508 e. The summed E-state index contributed by atoms with van der Waals surface area (Å²) >= 11 is 1.26. The van der Waals surface area contributed by atoms with Crippen LogP contribution in [0.4, 0.5) is 11.4 Å². The first-order chi connectivity index (χ1) is 22.7. The van der Waals surface area contributed by atoms with Gasteiger partial charge in [0.2, 0.25) is 5.91 Å². The molecule has 0 aromatic heterocycles. The van der Waals surface area contributed by atoms with Gasteiger partial charge in [-0.3, -0.25) is 19.2 Å². The van der Waals surface area contributed by atoms with E-state index in [1.165, 1.54) is 42.1 Å². The van der Waals surface area contributed by atoms with Gasteiger partial charge in [-0.1, -0.05) is 42.5 Å². The number of anilines is 2. The van der Waals surface area contributed by atoms with E-state index >= 15 is 0 Å². The summed E-state index contributed by atoms with van der Waals surface area (Å²) in [6.07, 6.45) is 1.43. The first-order valence-corrected chi connectivity index (χ1v) is 15.4. The Hall–Kier alpha value is -5.88. The van der Waals surface area contributed by atoms with Gasteiger partial charge in [-0.25, -0.2) is 0 Å². The van der Waals surface area contributed by atoms with Gasteiger partial charge in [-0.15, -0.1) is 11.8 Å². The Kier molecular flexibility index (Phi) is 10.3. The number of carbonyl (C=O) groups excluding carboxylic acids is 4. The molecule has 1 atom stereocenters. The van der Waals surface area contributed by atoms with Gasteiger partial charge in [0.15, 0.2) is 0 Å². The fraction of sp³-hybridized carbons (Fsp3) is 0.114. The molecule has 0 radical (unpaired) electrons. The Morgan fingerprint density at radius 3 is 2.38 bits per heavy atom. The number of phenols is 1.